The molecule has 3 unspecified atom stereocenters. The highest BCUT2D eigenvalue weighted by Crippen LogP contribution is 2.39. The second kappa shape index (κ2) is 10.1. The summed E-state index contributed by atoms with van der Waals surface area (Å²) in [6.07, 6.45) is 0. The van der Waals surface area contributed by atoms with E-state index >= 15 is 0 Å². The van der Waals surface area contributed by atoms with Gasteiger partial charge in [-0.2, -0.15) is 0 Å². The lowest BCUT2D eigenvalue weighted by atomic mass is 9.75. The summed E-state index contributed by atoms with van der Waals surface area (Å²) in [5.41, 5.74) is 1.53. The molecule has 0 aliphatic carbocycles. The predicted octanol–water partition coefficient (Wildman–Crippen LogP) is 3.79. The Morgan fingerprint density at radius 3 is 2.16 bits per heavy atom. The zero-order valence-corrected chi connectivity index (χ0v) is 20.2. The molecular weight excluding hydrogens is 408 g/mol. The molecular formula is C25H34N2O5. The molecule has 2 rings (SSSR count). The fourth-order valence-corrected chi connectivity index (χ4v) is 3.87. The lowest BCUT2D eigenvalue weighted by Crippen LogP contribution is -2.49. The minimum Gasteiger partial charge on any atom is -0.468 e. The Hall–Kier alpha value is -2.96. The molecule has 1 amide bonds. The minimum atomic E-state index is -0.845. The smallest absolute Gasteiger partial charge is 0.329 e. The van der Waals surface area contributed by atoms with Gasteiger partial charge >= 0.3 is 11.9 Å². The van der Waals surface area contributed by atoms with Crippen molar-refractivity contribution >= 4 is 23.6 Å². The molecule has 1 aromatic carbocycles. The molecule has 7 heteroatoms. The third-order valence-corrected chi connectivity index (χ3v) is 5.30. The molecule has 0 saturated heterocycles. The Bertz CT molecular complexity index is 925. The molecule has 174 valence electrons. The van der Waals surface area contributed by atoms with Crippen molar-refractivity contribution in [2.24, 2.45) is 16.8 Å². The van der Waals surface area contributed by atoms with Crippen molar-refractivity contribution in [3.05, 3.63) is 47.2 Å². The van der Waals surface area contributed by atoms with Gasteiger partial charge in [0.15, 0.2) is 0 Å². The van der Waals surface area contributed by atoms with Gasteiger partial charge in [0.2, 0.25) is 5.91 Å². The van der Waals surface area contributed by atoms with E-state index in [0.717, 1.165) is 5.56 Å². The van der Waals surface area contributed by atoms with Gasteiger partial charge in [0, 0.05) is 22.9 Å². The average molecular weight is 443 g/mol. The Balaban J connectivity index is 2.50. The third-order valence-electron chi connectivity index (χ3n) is 5.30. The van der Waals surface area contributed by atoms with Gasteiger partial charge in [0.05, 0.1) is 7.11 Å². The van der Waals surface area contributed by atoms with E-state index in [4.69, 9.17) is 9.47 Å². The fourth-order valence-electron chi connectivity index (χ4n) is 3.87. The number of nitrogens with one attached hydrogen (secondary N) is 1. The number of nitrogens with zero attached hydrogens (tertiary/aromatic N) is 1. The van der Waals surface area contributed by atoms with Crippen LogP contribution >= 0.6 is 0 Å². The number of carbonyl (C=O) groups is 3. The molecule has 0 radical (unpaired) electrons. The van der Waals surface area contributed by atoms with Gasteiger partial charge in [-0.05, 0) is 46.1 Å². The normalized spacial score (nSPS) is 19.8. The summed E-state index contributed by atoms with van der Waals surface area (Å²) in [7, 11) is 1.32. The zero-order valence-electron chi connectivity index (χ0n) is 20.2. The first-order chi connectivity index (χ1) is 14.9. The van der Waals surface area contributed by atoms with E-state index in [-0.39, 0.29) is 5.92 Å². The molecule has 1 aliphatic rings. The molecule has 3 atom stereocenters. The van der Waals surface area contributed by atoms with Crippen LogP contribution in [0.5, 0.6) is 0 Å². The minimum absolute atomic E-state index is 0.199. The Labute approximate surface area is 190 Å². The summed E-state index contributed by atoms with van der Waals surface area (Å²) < 4.78 is 10.5. The average Bonchev–Trinajstić information content (AvgIpc) is 2.69. The van der Waals surface area contributed by atoms with Gasteiger partial charge in [-0.3, -0.25) is 14.6 Å². The lowest BCUT2D eigenvalue weighted by molar-refractivity contribution is -0.159. The van der Waals surface area contributed by atoms with Crippen LogP contribution in [-0.4, -0.2) is 42.3 Å². The van der Waals surface area contributed by atoms with Crippen LogP contribution in [-0.2, 0) is 23.9 Å². The molecule has 0 fully saturated rings. The molecule has 0 spiro atoms. The monoisotopic (exact) mass is 442 g/mol. The first-order valence-corrected chi connectivity index (χ1v) is 10.8. The van der Waals surface area contributed by atoms with Gasteiger partial charge in [0.25, 0.3) is 0 Å². The number of esters is 2. The summed E-state index contributed by atoms with van der Waals surface area (Å²) in [6, 6.07) is 8.47. The summed E-state index contributed by atoms with van der Waals surface area (Å²) in [5, 5.41) is 2.84. The molecule has 0 bridgehead atoms. The van der Waals surface area contributed by atoms with E-state index in [1.807, 2.05) is 44.2 Å². The van der Waals surface area contributed by atoms with Gasteiger partial charge in [-0.15, -0.1) is 0 Å². The van der Waals surface area contributed by atoms with Crippen molar-refractivity contribution in [3.63, 3.8) is 0 Å². The zero-order chi connectivity index (χ0) is 24.2. The van der Waals surface area contributed by atoms with E-state index < -0.39 is 41.3 Å². The molecule has 1 heterocycles. The second-order valence-electron chi connectivity index (χ2n) is 9.37. The first-order valence-electron chi connectivity index (χ1n) is 10.8. The molecule has 0 saturated carbocycles. The molecule has 0 aromatic heterocycles. The summed E-state index contributed by atoms with van der Waals surface area (Å²) in [6.45, 7) is 12.5. The van der Waals surface area contributed by atoms with Crippen LogP contribution in [0.25, 0.3) is 0 Å². The number of hydrogen-bond acceptors (Lipinski definition) is 6. The van der Waals surface area contributed by atoms with Crippen LogP contribution in [0, 0.1) is 11.8 Å². The molecule has 7 nitrogen and oxygen atoms in total. The number of benzene rings is 1. The van der Waals surface area contributed by atoms with Crippen LogP contribution in [0.3, 0.4) is 0 Å². The van der Waals surface area contributed by atoms with Crippen LogP contribution in [0.1, 0.15) is 59.9 Å². The number of hydrogen-bond donors (Lipinski definition) is 1. The molecule has 32 heavy (non-hydrogen) atoms. The van der Waals surface area contributed by atoms with Gasteiger partial charge in [-0.25, -0.2) is 4.79 Å². The summed E-state index contributed by atoms with van der Waals surface area (Å²) in [4.78, 5) is 43.5. The summed E-state index contributed by atoms with van der Waals surface area (Å²) in [5.74, 6) is -2.96. The van der Waals surface area contributed by atoms with E-state index in [9.17, 15) is 14.4 Å². The Morgan fingerprint density at radius 1 is 1.06 bits per heavy atom. The maximum absolute atomic E-state index is 13.5. The van der Waals surface area contributed by atoms with E-state index in [0.29, 0.717) is 17.0 Å². The third kappa shape index (κ3) is 5.84. The molecule has 1 aliphatic heterocycles. The number of carbonyl (C=O) groups excluding carboxylic acids is 3. The van der Waals surface area contributed by atoms with Crippen molar-refractivity contribution < 1.29 is 23.9 Å². The van der Waals surface area contributed by atoms with Crippen LogP contribution in [0.15, 0.2) is 46.6 Å². The van der Waals surface area contributed by atoms with Gasteiger partial charge in [0.1, 0.15) is 17.6 Å². The van der Waals surface area contributed by atoms with Crippen molar-refractivity contribution in [2.75, 3.05) is 7.11 Å². The molecule has 1 aromatic rings. The number of methoxy groups -OCH3 is 1. The van der Waals surface area contributed by atoms with E-state index in [2.05, 4.69) is 10.3 Å². The van der Waals surface area contributed by atoms with Gasteiger partial charge in [-0.1, -0.05) is 44.2 Å². The SMILES string of the molecule is COC(=O)C1C(C)=NC(C)=C(C(=O)NC(C(=O)OC(C)(C)C)C(C)C)C1c1ccccc1. The standard InChI is InChI=1S/C25H34N2O5/c1-14(2)21(24(30)32-25(5,6)7)27-22(28)18-15(3)26-16(4)19(23(29)31-8)20(18)17-12-10-9-11-13-17/h9-14,19-21H,1-8H3,(H,27,28). The molecule has 1 N–H and O–H groups in total. The maximum Gasteiger partial charge on any atom is 0.329 e. The van der Waals surface area contributed by atoms with Crippen molar-refractivity contribution in [2.45, 2.75) is 66.0 Å². The highest BCUT2D eigenvalue weighted by atomic mass is 16.6. The Morgan fingerprint density at radius 2 is 1.66 bits per heavy atom. The van der Waals surface area contributed by atoms with Crippen molar-refractivity contribution in [3.8, 4) is 0 Å². The lowest BCUT2D eigenvalue weighted by Gasteiger charge is -2.33. The van der Waals surface area contributed by atoms with E-state index in [1.165, 1.54) is 7.11 Å². The fraction of sp³-hybridized carbons (Fsp3) is 0.520. The van der Waals surface area contributed by atoms with Crippen molar-refractivity contribution in [1.29, 1.82) is 0 Å². The van der Waals surface area contributed by atoms with Crippen LogP contribution in [0.2, 0.25) is 0 Å². The highest BCUT2D eigenvalue weighted by molar-refractivity contribution is 6.08. The van der Waals surface area contributed by atoms with Crippen LogP contribution in [0.4, 0.5) is 0 Å². The number of aliphatic imine (C=N–C) groups is 1. The number of allylic oxidation sites excluding steroid dienone is 1. The highest BCUT2D eigenvalue weighted by Gasteiger charge is 2.42. The maximum atomic E-state index is 13.5. The van der Waals surface area contributed by atoms with Crippen LogP contribution < -0.4 is 5.32 Å². The van der Waals surface area contributed by atoms with Crippen molar-refractivity contribution in [1.82, 2.24) is 5.32 Å². The topological polar surface area (TPSA) is 94.1 Å². The second-order valence-corrected chi connectivity index (χ2v) is 9.37. The summed E-state index contributed by atoms with van der Waals surface area (Å²) >= 11 is 0. The predicted molar refractivity (Wildman–Crippen MR) is 123 cm³/mol. The first kappa shape index (κ1) is 25.3. The quantitative estimate of drug-likeness (QED) is 0.677. The van der Waals surface area contributed by atoms with Gasteiger partial charge < -0.3 is 14.8 Å². The Kier molecular flexibility index (Phi) is 7.99. The number of ether oxygens (including phenoxy) is 2. The van der Waals surface area contributed by atoms with E-state index in [1.54, 1.807) is 34.6 Å². The number of rotatable bonds is 6. The number of amides is 1. The largest absolute Gasteiger partial charge is 0.468 e.